The van der Waals surface area contributed by atoms with Crippen LogP contribution in [0.2, 0.25) is 0 Å². The third kappa shape index (κ3) is 111. The minimum absolute atomic E-state index is 0. The fourth-order valence-electron chi connectivity index (χ4n) is 0. The van der Waals surface area contributed by atoms with Gasteiger partial charge in [-0.05, 0) is 0 Å². The van der Waals surface area contributed by atoms with Gasteiger partial charge in [-0.3, -0.25) is 0 Å². The maximum atomic E-state index is 9.65. The molecule has 8 heavy (non-hydrogen) atoms. The maximum absolute atomic E-state index is 9.65. The second-order valence-electron chi connectivity index (χ2n) is 0.143. The summed E-state index contributed by atoms with van der Waals surface area (Å²) >= 11 is 0. The van der Waals surface area contributed by atoms with Crippen molar-refractivity contribution >= 4 is 18.4 Å². The van der Waals surface area contributed by atoms with Crippen LogP contribution in [-0.2, 0) is 19.5 Å². The molecule has 0 nitrogen and oxygen atoms in total. The average molecular weight is 251 g/mol. The third-order valence-electron chi connectivity index (χ3n) is 0. The van der Waals surface area contributed by atoms with Crippen molar-refractivity contribution in [2.45, 2.75) is 0 Å². The SMILES string of the molecule is FPF.FPF.[Li+].[RuH3]. The van der Waals surface area contributed by atoms with E-state index in [1.807, 2.05) is 0 Å². The Morgan fingerprint density at radius 2 is 0.750 bits per heavy atom. The third-order valence-corrected chi connectivity index (χ3v) is 0. The molecule has 0 radical (unpaired) electrons. The van der Waals surface area contributed by atoms with Gasteiger partial charge in [-0.1, -0.05) is 0 Å². The van der Waals surface area contributed by atoms with E-state index in [0.29, 0.717) is 0 Å². The van der Waals surface area contributed by atoms with Gasteiger partial charge in [0.15, 0.2) is 0 Å². The molecule has 0 saturated carbocycles. The van der Waals surface area contributed by atoms with E-state index in [-0.39, 0.29) is 38.3 Å². The van der Waals surface area contributed by atoms with Gasteiger partial charge in [0.05, 0.1) is 0 Å². The summed E-state index contributed by atoms with van der Waals surface area (Å²) in [5.41, 5.74) is 0. The Balaban J connectivity index is -0.0000000160. The molecule has 0 aliphatic rings. The molecule has 0 fully saturated rings. The van der Waals surface area contributed by atoms with Crippen molar-refractivity contribution in [3.05, 3.63) is 0 Å². The predicted octanol–water partition coefficient (Wildman–Crippen LogP) is -0.934. The molecule has 0 bridgehead atoms. The summed E-state index contributed by atoms with van der Waals surface area (Å²) in [5.74, 6) is 0. The summed E-state index contributed by atoms with van der Waals surface area (Å²) < 4.78 is 38.6. The molecule has 0 aliphatic heterocycles. The Bertz CT molecular complexity index is 16.0. The van der Waals surface area contributed by atoms with Gasteiger partial charge in [-0.2, -0.15) is 16.8 Å². The summed E-state index contributed by atoms with van der Waals surface area (Å²) in [5, 5.41) is 0. The van der Waals surface area contributed by atoms with E-state index in [4.69, 9.17) is 0 Å². The molecule has 0 aliphatic carbocycles. The van der Waals surface area contributed by atoms with Crippen LogP contribution in [0, 0.1) is 0 Å². The fourth-order valence-corrected chi connectivity index (χ4v) is 0. The van der Waals surface area contributed by atoms with Crippen LogP contribution in [0.15, 0.2) is 0 Å². The molecule has 0 heterocycles. The molecule has 0 aromatic carbocycles. The number of halogens is 4. The van der Waals surface area contributed by atoms with Gasteiger partial charge in [-0.25, -0.2) is 0 Å². The van der Waals surface area contributed by atoms with E-state index in [0.717, 1.165) is 0 Å². The molecule has 0 aromatic heterocycles. The molecule has 8 heteroatoms. The van der Waals surface area contributed by atoms with E-state index >= 15 is 0 Å². The fraction of sp³-hybridized carbons (Fsp3) is 0. The van der Waals surface area contributed by atoms with E-state index < -0.39 is 18.4 Å². The second-order valence-corrected chi connectivity index (χ2v) is 0.429. The van der Waals surface area contributed by atoms with Crippen LogP contribution in [0.5, 0.6) is 0 Å². The molecule has 0 spiro atoms. The van der Waals surface area contributed by atoms with Crippen molar-refractivity contribution in [3.63, 3.8) is 0 Å². The molecule has 0 atom stereocenters. The van der Waals surface area contributed by atoms with Gasteiger partial charge in [-0.15, -0.1) is 0 Å². The van der Waals surface area contributed by atoms with Crippen LogP contribution in [0.4, 0.5) is 16.8 Å². The molecule has 0 aromatic rings. The van der Waals surface area contributed by atoms with Crippen molar-refractivity contribution in [2.24, 2.45) is 0 Å². The summed E-state index contributed by atoms with van der Waals surface area (Å²) in [6.45, 7) is 0. The van der Waals surface area contributed by atoms with E-state index in [9.17, 15) is 16.8 Å². The Morgan fingerprint density at radius 1 is 0.750 bits per heavy atom. The Kier molecular flexibility index (Phi) is 105. The number of rotatable bonds is 0. The molecule has 0 unspecified atom stereocenters. The molecule has 51 valence electrons. The Morgan fingerprint density at radius 3 is 0.750 bits per heavy atom. The van der Waals surface area contributed by atoms with Gasteiger partial charge < -0.3 is 0 Å². The monoisotopic (exact) mass is 252 g/mol. The first-order valence-corrected chi connectivity index (χ1v) is 2.27. The van der Waals surface area contributed by atoms with Crippen LogP contribution in [-0.4, -0.2) is 0 Å². The van der Waals surface area contributed by atoms with Crippen LogP contribution < -0.4 is 18.9 Å². The van der Waals surface area contributed by atoms with Crippen molar-refractivity contribution in [3.8, 4) is 0 Å². The van der Waals surface area contributed by atoms with Gasteiger partial charge in [0.25, 0.3) is 18.4 Å². The Labute approximate surface area is 73.5 Å². The minimum atomic E-state index is -1.92. The Hall–Kier alpha value is 1.80. The zero-order valence-electron chi connectivity index (χ0n) is 3.96. The van der Waals surface area contributed by atoms with E-state index in [1.165, 1.54) is 0 Å². The molecule has 0 amide bonds. The van der Waals surface area contributed by atoms with Gasteiger partial charge in [0.1, 0.15) is 0 Å². The summed E-state index contributed by atoms with van der Waals surface area (Å²) in [6, 6.07) is 0. The standard InChI is InChI=1S/2F2HP.Li.Ru.3H/c2*1-3-2;;;;;/h2*3H;;;;;/q;;+1;;;;. The van der Waals surface area contributed by atoms with E-state index in [2.05, 4.69) is 0 Å². The van der Waals surface area contributed by atoms with E-state index in [1.54, 1.807) is 0 Å². The molecular weight excluding hydrogens is 246 g/mol. The second kappa shape index (κ2) is 37.1. The van der Waals surface area contributed by atoms with Gasteiger partial charge >= 0.3 is 38.3 Å². The van der Waals surface area contributed by atoms with Crippen molar-refractivity contribution < 1.29 is 55.1 Å². The first-order valence-electron chi connectivity index (χ1n) is 0.756. The molecule has 0 N–H and O–H groups in total. The first kappa shape index (κ1) is 22.6. The summed E-state index contributed by atoms with van der Waals surface area (Å²) in [6.07, 6.45) is 0. The predicted molar refractivity (Wildman–Crippen MR) is 25.2 cm³/mol. The van der Waals surface area contributed by atoms with Gasteiger partial charge in [0, 0.05) is 0 Å². The van der Waals surface area contributed by atoms with Crippen LogP contribution in [0.25, 0.3) is 0 Å². The zero-order chi connectivity index (χ0) is 5.41. The first-order chi connectivity index (χ1) is 2.83. The number of hydrogen-bond acceptors (Lipinski definition) is 0. The van der Waals surface area contributed by atoms with Crippen LogP contribution in [0.3, 0.4) is 0 Å². The number of hydrogen-bond donors (Lipinski definition) is 0. The van der Waals surface area contributed by atoms with Crippen LogP contribution in [0.1, 0.15) is 0 Å². The van der Waals surface area contributed by atoms with Crippen molar-refractivity contribution in [2.75, 3.05) is 0 Å². The van der Waals surface area contributed by atoms with Crippen LogP contribution >= 0.6 is 18.4 Å². The molecule has 0 saturated heterocycles. The average Bonchev–Trinajstić information content (AvgIpc) is 1.39. The quantitative estimate of drug-likeness (QED) is 0.296. The normalized spacial score (nSPS) is 4.50. The van der Waals surface area contributed by atoms with Crippen molar-refractivity contribution in [1.29, 1.82) is 0 Å². The zero-order valence-corrected chi connectivity index (χ0v) is 8.16. The summed E-state index contributed by atoms with van der Waals surface area (Å²) in [4.78, 5) is 0. The summed E-state index contributed by atoms with van der Waals surface area (Å²) in [7, 11) is -3.83. The topological polar surface area (TPSA) is 0 Å². The van der Waals surface area contributed by atoms with Gasteiger partial charge in [0.2, 0.25) is 0 Å². The van der Waals surface area contributed by atoms with Crippen molar-refractivity contribution in [1.82, 2.24) is 0 Å². The molecular formula is H5F4LiP2Ru+. The molecule has 0 rings (SSSR count).